The molecule has 2 atom stereocenters. The molecule has 2 unspecified atom stereocenters. The lowest BCUT2D eigenvalue weighted by Crippen LogP contribution is -2.42. The van der Waals surface area contributed by atoms with Gasteiger partial charge >= 0.3 is 0 Å². The van der Waals surface area contributed by atoms with Crippen molar-refractivity contribution in [3.05, 3.63) is 29.8 Å². The van der Waals surface area contributed by atoms with Gasteiger partial charge in [0.2, 0.25) is 0 Å². The monoisotopic (exact) mass is 288 g/mol. The Balaban J connectivity index is 1.86. The Bertz CT molecular complexity index is 470. The molecule has 1 saturated carbocycles. The van der Waals surface area contributed by atoms with Gasteiger partial charge in [0.1, 0.15) is 5.75 Å². The molecule has 3 nitrogen and oxygen atoms in total. The van der Waals surface area contributed by atoms with Crippen LogP contribution >= 0.6 is 0 Å². The number of rotatable bonds is 5. The Morgan fingerprint density at radius 1 is 1.29 bits per heavy atom. The van der Waals surface area contributed by atoms with Crippen LogP contribution in [0.25, 0.3) is 0 Å². The highest BCUT2D eigenvalue weighted by molar-refractivity contribution is 5.32. The van der Waals surface area contributed by atoms with Crippen molar-refractivity contribution in [3.63, 3.8) is 0 Å². The molecule has 0 aromatic heterocycles. The number of piperidine rings is 1. The van der Waals surface area contributed by atoms with Crippen molar-refractivity contribution in [2.24, 2.45) is 11.7 Å². The Hall–Kier alpha value is -1.06. The smallest absolute Gasteiger partial charge is 0.120 e. The molecule has 1 aliphatic carbocycles. The summed E-state index contributed by atoms with van der Waals surface area (Å²) in [5, 5.41) is 0. The van der Waals surface area contributed by atoms with Crippen LogP contribution in [0.2, 0.25) is 0 Å². The highest BCUT2D eigenvalue weighted by Crippen LogP contribution is 2.43. The third-order valence-electron chi connectivity index (χ3n) is 4.69. The molecule has 21 heavy (non-hydrogen) atoms. The van der Waals surface area contributed by atoms with E-state index < -0.39 is 0 Å². The van der Waals surface area contributed by atoms with Crippen LogP contribution in [0.5, 0.6) is 5.75 Å². The predicted molar refractivity (Wildman–Crippen MR) is 86.5 cm³/mol. The molecular formula is C18H28N2O. The lowest BCUT2D eigenvalue weighted by molar-refractivity contribution is 0.0876. The van der Waals surface area contributed by atoms with Crippen molar-refractivity contribution in [2.75, 3.05) is 13.1 Å². The summed E-state index contributed by atoms with van der Waals surface area (Å²) < 4.78 is 5.88. The van der Waals surface area contributed by atoms with E-state index in [4.69, 9.17) is 10.5 Å². The van der Waals surface area contributed by atoms with E-state index >= 15 is 0 Å². The van der Waals surface area contributed by atoms with Gasteiger partial charge in [0.25, 0.3) is 0 Å². The molecule has 3 rings (SSSR count). The number of benzene rings is 1. The summed E-state index contributed by atoms with van der Waals surface area (Å²) in [6.07, 6.45) is 5.47. The molecule has 2 N–H and O–H groups in total. The maximum atomic E-state index is 6.07. The molecule has 0 radical (unpaired) electrons. The van der Waals surface area contributed by atoms with Crippen molar-refractivity contribution < 1.29 is 4.74 Å². The van der Waals surface area contributed by atoms with Gasteiger partial charge in [-0.25, -0.2) is 0 Å². The van der Waals surface area contributed by atoms with E-state index in [0.29, 0.717) is 12.0 Å². The molecule has 1 aliphatic heterocycles. The molecule has 1 heterocycles. The lowest BCUT2D eigenvalue weighted by atomic mass is 9.84. The zero-order chi connectivity index (χ0) is 14.8. The zero-order valence-corrected chi connectivity index (χ0v) is 13.3. The van der Waals surface area contributed by atoms with Crippen molar-refractivity contribution in [1.82, 2.24) is 4.90 Å². The molecule has 116 valence electrons. The van der Waals surface area contributed by atoms with E-state index in [1.807, 2.05) is 0 Å². The van der Waals surface area contributed by atoms with Crippen LogP contribution in [0.3, 0.4) is 0 Å². The number of ether oxygens (including phenoxy) is 1. The minimum absolute atomic E-state index is 0.219. The van der Waals surface area contributed by atoms with Gasteiger partial charge in [-0.2, -0.15) is 0 Å². The van der Waals surface area contributed by atoms with E-state index in [-0.39, 0.29) is 6.10 Å². The standard InChI is InChI=1S/C18H28N2O/c1-13(2)21-17-7-3-5-14(11-17)18-15(12-19)6-4-10-20(18)16-8-9-16/h3,5,7,11,13,15-16,18H,4,6,8-10,12,19H2,1-2H3. The summed E-state index contributed by atoms with van der Waals surface area (Å²) in [5.41, 5.74) is 7.46. The normalized spacial score (nSPS) is 27.0. The molecule has 1 aromatic rings. The lowest BCUT2D eigenvalue weighted by Gasteiger charge is -2.41. The van der Waals surface area contributed by atoms with Crippen LogP contribution in [0.1, 0.15) is 51.1 Å². The Morgan fingerprint density at radius 2 is 2.10 bits per heavy atom. The van der Waals surface area contributed by atoms with Crippen LogP contribution in [-0.2, 0) is 0 Å². The molecule has 2 fully saturated rings. The SMILES string of the molecule is CC(C)Oc1cccc(C2C(CN)CCCN2C2CC2)c1. The van der Waals surface area contributed by atoms with E-state index in [0.717, 1.165) is 18.3 Å². The van der Waals surface area contributed by atoms with Crippen LogP contribution in [0, 0.1) is 5.92 Å². The van der Waals surface area contributed by atoms with Crippen LogP contribution in [-0.4, -0.2) is 30.1 Å². The second kappa shape index (κ2) is 6.37. The minimum atomic E-state index is 0.219. The minimum Gasteiger partial charge on any atom is -0.491 e. The molecule has 0 amide bonds. The second-order valence-corrected chi connectivity index (χ2v) is 6.79. The maximum absolute atomic E-state index is 6.07. The zero-order valence-electron chi connectivity index (χ0n) is 13.3. The van der Waals surface area contributed by atoms with Gasteiger partial charge in [0, 0.05) is 12.1 Å². The topological polar surface area (TPSA) is 38.5 Å². The van der Waals surface area contributed by atoms with Crippen molar-refractivity contribution in [1.29, 1.82) is 0 Å². The summed E-state index contributed by atoms with van der Waals surface area (Å²) in [6, 6.07) is 9.94. The Kier molecular flexibility index (Phi) is 4.51. The first-order valence-corrected chi connectivity index (χ1v) is 8.41. The van der Waals surface area contributed by atoms with Crippen molar-refractivity contribution >= 4 is 0 Å². The summed E-state index contributed by atoms with van der Waals surface area (Å²) in [6.45, 7) is 6.16. The van der Waals surface area contributed by atoms with Gasteiger partial charge in [0.05, 0.1) is 6.10 Å². The molecule has 2 aliphatic rings. The summed E-state index contributed by atoms with van der Waals surface area (Å²) in [4.78, 5) is 2.70. The quantitative estimate of drug-likeness (QED) is 0.903. The number of hydrogen-bond donors (Lipinski definition) is 1. The van der Waals surface area contributed by atoms with Crippen molar-refractivity contribution in [3.8, 4) is 5.75 Å². The molecule has 1 saturated heterocycles. The average molecular weight is 288 g/mol. The number of nitrogens with two attached hydrogens (primary N) is 1. The number of nitrogens with zero attached hydrogens (tertiary/aromatic N) is 1. The molecule has 1 aromatic carbocycles. The first-order chi connectivity index (χ1) is 10.2. The van der Waals surface area contributed by atoms with Crippen LogP contribution < -0.4 is 10.5 Å². The number of likely N-dealkylation sites (tertiary alicyclic amines) is 1. The van der Waals surface area contributed by atoms with Gasteiger partial charge < -0.3 is 10.5 Å². The first-order valence-electron chi connectivity index (χ1n) is 8.41. The van der Waals surface area contributed by atoms with Gasteiger partial charge in [-0.05, 0) is 76.2 Å². The largest absolute Gasteiger partial charge is 0.491 e. The van der Waals surface area contributed by atoms with Crippen LogP contribution in [0.15, 0.2) is 24.3 Å². The van der Waals surface area contributed by atoms with E-state index in [1.54, 1.807) is 0 Å². The van der Waals surface area contributed by atoms with E-state index in [2.05, 4.69) is 43.0 Å². The summed E-state index contributed by atoms with van der Waals surface area (Å²) in [7, 11) is 0. The highest BCUT2D eigenvalue weighted by atomic mass is 16.5. The van der Waals surface area contributed by atoms with Gasteiger partial charge in [-0.1, -0.05) is 12.1 Å². The molecule has 0 spiro atoms. The van der Waals surface area contributed by atoms with Crippen LogP contribution in [0.4, 0.5) is 0 Å². The van der Waals surface area contributed by atoms with E-state index in [9.17, 15) is 0 Å². The van der Waals surface area contributed by atoms with E-state index in [1.165, 1.54) is 37.8 Å². The first kappa shape index (κ1) is 14.9. The van der Waals surface area contributed by atoms with Gasteiger partial charge in [-0.3, -0.25) is 4.90 Å². The molecule has 0 bridgehead atoms. The Morgan fingerprint density at radius 3 is 2.76 bits per heavy atom. The van der Waals surface area contributed by atoms with Gasteiger partial charge in [-0.15, -0.1) is 0 Å². The molecular weight excluding hydrogens is 260 g/mol. The third-order valence-corrected chi connectivity index (χ3v) is 4.69. The van der Waals surface area contributed by atoms with Gasteiger partial charge in [0.15, 0.2) is 0 Å². The predicted octanol–water partition coefficient (Wildman–Crippen LogP) is 3.35. The highest BCUT2D eigenvalue weighted by Gasteiger charge is 2.40. The fourth-order valence-electron chi connectivity index (χ4n) is 3.67. The maximum Gasteiger partial charge on any atom is 0.120 e. The Labute approximate surface area is 128 Å². The third kappa shape index (κ3) is 3.41. The summed E-state index contributed by atoms with van der Waals surface area (Å²) >= 11 is 0. The fourth-order valence-corrected chi connectivity index (χ4v) is 3.67. The average Bonchev–Trinajstić information content (AvgIpc) is 3.30. The summed E-state index contributed by atoms with van der Waals surface area (Å²) in [5.74, 6) is 1.56. The second-order valence-electron chi connectivity index (χ2n) is 6.79. The number of hydrogen-bond acceptors (Lipinski definition) is 3. The fraction of sp³-hybridized carbons (Fsp3) is 0.667. The van der Waals surface area contributed by atoms with Crippen molar-refractivity contribution in [2.45, 2.75) is 57.7 Å². The molecule has 3 heteroatoms.